The molecule has 0 spiro atoms. The monoisotopic (exact) mass is 263 g/mol. The summed E-state index contributed by atoms with van der Waals surface area (Å²) in [5, 5.41) is 6.86. The quantitative estimate of drug-likeness (QED) is 0.825. The Kier molecular flexibility index (Phi) is 2.87. The summed E-state index contributed by atoms with van der Waals surface area (Å²) in [6.07, 6.45) is 2.78. The summed E-state index contributed by atoms with van der Waals surface area (Å²) in [4.78, 5) is 18.3. The van der Waals surface area contributed by atoms with E-state index in [-0.39, 0.29) is 5.91 Å². The Morgan fingerprint density at radius 3 is 3.28 bits per heavy atom. The van der Waals surface area contributed by atoms with Crippen molar-refractivity contribution < 1.29 is 9.32 Å². The van der Waals surface area contributed by atoms with Gasteiger partial charge in [0.05, 0.1) is 29.4 Å². The molecule has 0 bridgehead atoms. The Hall–Kier alpha value is -1.69. The highest BCUT2D eigenvalue weighted by Gasteiger charge is 2.23. The van der Waals surface area contributed by atoms with Crippen LogP contribution >= 0.6 is 11.3 Å². The van der Waals surface area contributed by atoms with Gasteiger partial charge in [-0.2, -0.15) is 0 Å². The molecule has 1 aliphatic heterocycles. The number of carbonyl (C=O) groups excluding carboxylic acids is 1. The van der Waals surface area contributed by atoms with Crippen LogP contribution in [0.5, 0.6) is 0 Å². The van der Waals surface area contributed by atoms with E-state index >= 15 is 0 Å². The number of thiazole rings is 1. The van der Waals surface area contributed by atoms with E-state index in [4.69, 9.17) is 4.52 Å². The number of hydrogen-bond acceptors (Lipinski definition) is 5. The Bertz CT molecular complexity index is 575. The largest absolute Gasteiger partial charge is 0.364 e. The molecule has 2 aromatic rings. The number of aromatic nitrogens is 2. The smallest absolute Gasteiger partial charge is 0.228 e. The van der Waals surface area contributed by atoms with E-state index in [1.54, 1.807) is 17.6 Å². The van der Waals surface area contributed by atoms with Crippen molar-refractivity contribution in [3.05, 3.63) is 33.6 Å². The minimum absolute atomic E-state index is 0.118. The summed E-state index contributed by atoms with van der Waals surface area (Å²) in [5.74, 6) is 0.118. The Morgan fingerprint density at radius 2 is 2.50 bits per heavy atom. The van der Waals surface area contributed by atoms with E-state index in [2.05, 4.69) is 10.1 Å². The first-order valence-corrected chi connectivity index (χ1v) is 6.71. The molecular formula is C12H13N3O2S. The second-order valence-electron chi connectivity index (χ2n) is 4.39. The molecule has 0 atom stereocenters. The van der Waals surface area contributed by atoms with E-state index in [0.717, 1.165) is 28.4 Å². The van der Waals surface area contributed by atoms with E-state index in [0.29, 0.717) is 19.5 Å². The van der Waals surface area contributed by atoms with Gasteiger partial charge in [0.1, 0.15) is 6.26 Å². The van der Waals surface area contributed by atoms with E-state index < -0.39 is 0 Å². The zero-order valence-corrected chi connectivity index (χ0v) is 10.9. The summed E-state index contributed by atoms with van der Waals surface area (Å²) in [7, 11) is 0. The van der Waals surface area contributed by atoms with Crippen molar-refractivity contribution in [2.75, 3.05) is 6.54 Å². The molecule has 94 valence electrons. The van der Waals surface area contributed by atoms with Crippen LogP contribution in [0.15, 0.2) is 16.2 Å². The molecule has 0 fully saturated rings. The van der Waals surface area contributed by atoms with Crippen molar-refractivity contribution in [1.82, 2.24) is 15.0 Å². The van der Waals surface area contributed by atoms with Crippen molar-refractivity contribution in [1.29, 1.82) is 0 Å². The molecule has 1 amide bonds. The third-order valence-electron chi connectivity index (χ3n) is 3.06. The van der Waals surface area contributed by atoms with Crippen LogP contribution in [0.1, 0.15) is 22.0 Å². The van der Waals surface area contributed by atoms with Crippen LogP contribution in [-0.2, 0) is 24.2 Å². The molecule has 5 nitrogen and oxygen atoms in total. The molecule has 0 aliphatic carbocycles. The second-order valence-corrected chi connectivity index (χ2v) is 5.45. The average molecular weight is 263 g/mol. The van der Waals surface area contributed by atoms with Crippen molar-refractivity contribution in [3.63, 3.8) is 0 Å². The van der Waals surface area contributed by atoms with E-state index in [1.165, 1.54) is 0 Å². The molecule has 3 heterocycles. The van der Waals surface area contributed by atoms with Gasteiger partial charge in [-0.1, -0.05) is 5.16 Å². The number of carbonyl (C=O) groups is 1. The standard InChI is InChI=1S/C12H13N3O2S/c1-8-13-10(7-18-8)4-12(16)15-3-2-11-9(5-15)6-17-14-11/h6-7H,2-5H2,1H3. The SMILES string of the molecule is Cc1nc(CC(=O)N2CCc3nocc3C2)cs1. The summed E-state index contributed by atoms with van der Waals surface area (Å²) in [5.41, 5.74) is 2.85. The van der Waals surface area contributed by atoms with Gasteiger partial charge in [-0.3, -0.25) is 4.79 Å². The fraction of sp³-hybridized carbons (Fsp3) is 0.417. The maximum atomic E-state index is 12.1. The lowest BCUT2D eigenvalue weighted by molar-refractivity contribution is -0.131. The lowest BCUT2D eigenvalue weighted by Gasteiger charge is -2.25. The van der Waals surface area contributed by atoms with Crippen molar-refractivity contribution in [2.45, 2.75) is 26.3 Å². The van der Waals surface area contributed by atoms with Gasteiger partial charge in [0.2, 0.25) is 5.91 Å². The Balaban J connectivity index is 1.67. The van der Waals surface area contributed by atoms with Crippen LogP contribution in [0.4, 0.5) is 0 Å². The van der Waals surface area contributed by atoms with Gasteiger partial charge < -0.3 is 9.42 Å². The zero-order chi connectivity index (χ0) is 12.5. The van der Waals surface area contributed by atoms with Gasteiger partial charge in [0.25, 0.3) is 0 Å². The highest BCUT2D eigenvalue weighted by Crippen LogP contribution is 2.18. The fourth-order valence-corrected chi connectivity index (χ4v) is 2.72. The van der Waals surface area contributed by atoms with Gasteiger partial charge in [0, 0.05) is 23.9 Å². The Labute approximate surface area is 108 Å². The van der Waals surface area contributed by atoms with E-state index in [9.17, 15) is 4.79 Å². The van der Waals surface area contributed by atoms with Crippen molar-refractivity contribution in [2.24, 2.45) is 0 Å². The molecule has 0 saturated heterocycles. The summed E-state index contributed by atoms with van der Waals surface area (Å²) in [6.45, 7) is 3.26. The van der Waals surface area contributed by atoms with Gasteiger partial charge in [0.15, 0.2) is 0 Å². The highest BCUT2D eigenvalue weighted by atomic mass is 32.1. The number of hydrogen-bond donors (Lipinski definition) is 0. The lowest BCUT2D eigenvalue weighted by atomic mass is 10.1. The van der Waals surface area contributed by atoms with Crippen molar-refractivity contribution in [3.8, 4) is 0 Å². The number of nitrogens with zero attached hydrogens (tertiary/aromatic N) is 3. The summed E-state index contributed by atoms with van der Waals surface area (Å²) in [6, 6.07) is 0. The molecule has 3 rings (SSSR count). The molecule has 0 radical (unpaired) electrons. The lowest BCUT2D eigenvalue weighted by Crippen LogP contribution is -2.36. The maximum Gasteiger partial charge on any atom is 0.228 e. The molecular weight excluding hydrogens is 250 g/mol. The van der Waals surface area contributed by atoms with E-state index in [1.807, 2.05) is 17.2 Å². The minimum atomic E-state index is 0.118. The first-order chi connectivity index (χ1) is 8.72. The van der Waals surface area contributed by atoms with Crippen LogP contribution in [-0.4, -0.2) is 27.5 Å². The highest BCUT2D eigenvalue weighted by molar-refractivity contribution is 7.09. The van der Waals surface area contributed by atoms with Gasteiger partial charge in [-0.05, 0) is 6.92 Å². The zero-order valence-electron chi connectivity index (χ0n) is 10.0. The van der Waals surface area contributed by atoms with Crippen LogP contribution in [0, 0.1) is 6.92 Å². The molecule has 0 saturated carbocycles. The van der Waals surface area contributed by atoms with Gasteiger partial charge in [-0.25, -0.2) is 4.98 Å². The molecule has 0 unspecified atom stereocenters. The van der Waals surface area contributed by atoms with Gasteiger partial charge in [-0.15, -0.1) is 11.3 Å². The first-order valence-electron chi connectivity index (χ1n) is 5.83. The van der Waals surface area contributed by atoms with Crippen LogP contribution in [0.3, 0.4) is 0 Å². The molecule has 0 aromatic carbocycles. The molecule has 0 N–H and O–H groups in total. The number of rotatable bonds is 2. The molecule has 6 heteroatoms. The third kappa shape index (κ3) is 2.15. The molecule has 1 aliphatic rings. The van der Waals surface area contributed by atoms with Gasteiger partial charge >= 0.3 is 0 Å². The van der Waals surface area contributed by atoms with Crippen LogP contribution < -0.4 is 0 Å². The average Bonchev–Trinajstić information content (AvgIpc) is 2.96. The minimum Gasteiger partial charge on any atom is -0.364 e. The first kappa shape index (κ1) is 11.4. The fourth-order valence-electron chi connectivity index (χ4n) is 2.11. The van der Waals surface area contributed by atoms with Crippen LogP contribution in [0.2, 0.25) is 0 Å². The van der Waals surface area contributed by atoms with Crippen molar-refractivity contribution >= 4 is 17.2 Å². The molecule has 2 aromatic heterocycles. The molecule has 18 heavy (non-hydrogen) atoms. The number of aryl methyl sites for hydroxylation is 1. The van der Waals surface area contributed by atoms with Crippen LogP contribution in [0.25, 0.3) is 0 Å². The number of fused-ring (bicyclic) bond motifs is 1. The summed E-state index contributed by atoms with van der Waals surface area (Å²) < 4.78 is 4.92. The Morgan fingerprint density at radius 1 is 1.61 bits per heavy atom. The maximum absolute atomic E-state index is 12.1. The topological polar surface area (TPSA) is 59.2 Å². The summed E-state index contributed by atoms with van der Waals surface area (Å²) >= 11 is 1.58. The predicted octanol–water partition coefficient (Wildman–Crippen LogP) is 1.57. The third-order valence-corrected chi connectivity index (χ3v) is 3.88. The predicted molar refractivity (Wildman–Crippen MR) is 66.2 cm³/mol. The second kappa shape index (κ2) is 4.53. The number of amides is 1. The normalized spacial score (nSPS) is 14.6.